The van der Waals surface area contributed by atoms with Crippen LogP contribution >= 0.6 is 0 Å². The van der Waals surface area contributed by atoms with Gasteiger partial charge >= 0.3 is 6.18 Å². The zero-order chi connectivity index (χ0) is 16.5. The van der Waals surface area contributed by atoms with Crippen molar-refractivity contribution in [2.45, 2.75) is 32.5 Å². The summed E-state index contributed by atoms with van der Waals surface area (Å²) >= 11 is 0. The van der Waals surface area contributed by atoms with Crippen LogP contribution in [0.2, 0.25) is 0 Å². The summed E-state index contributed by atoms with van der Waals surface area (Å²) in [5, 5.41) is 11.8. The van der Waals surface area contributed by atoms with E-state index in [-0.39, 0.29) is 0 Å². The summed E-state index contributed by atoms with van der Waals surface area (Å²) in [5.74, 6) is 0.405. The Hall–Kier alpha value is -2.31. The monoisotopic (exact) mass is 311 g/mol. The molecule has 0 saturated carbocycles. The molecule has 1 aromatic carbocycles. The third-order valence-electron chi connectivity index (χ3n) is 2.99. The van der Waals surface area contributed by atoms with Gasteiger partial charge in [0.05, 0.1) is 5.56 Å². The van der Waals surface area contributed by atoms with Crippen molar-refractivity contribution >= 4 is 6.21 Å². The van der Waals surface area contributed by atoms with E-state index in [0.717, 1.165) is 16.9 Å². The normalized spacial score (nSPS) is 13.5. The molecule has 0 aliphatic rings. The average molecular weight is 311 g/mol. The number of H-pyrrole nitrogens is 1. The van der Waals surface area contributed by atoms with Crippen LogP contribution in [0, 0.1) is 5.21 Å². The summed E-state index contributed by atoms with van der Waals surface area (Å²) in [7, 11) is 0. The lowest BCUT2D eigenvalue weighted by Gasteiger charge is -2.17. The standard InChI is InChI=1S/C15H16F3N3O/c1-14(2,3)21(22)9-12-8-19-13(20-12)10-4-6-11(7-5-10)15(16,17)18/h4-9H,1-3H3,(H,19,20)/b21-9-. The van der Waals surface area contributed by atoms with Gasteiger partial charge in [-0.1, -0.05) is 12.1 Å². The third-order valence-corrected chi connectivity index (χ3v) is 2.99. The minimum Gasteiger partial charge on any atom is -0.623 e. The predicted molar refractivity (Wildman–Crippen MR) is 77.6 cm³/mol. The summed E-state index contributed by atoms with van der Waals surface area (Å²) in [5.41, 5.74) is -0.373. The van der Waals surface area contributed by atoms with Gasteiger partial charge in [0, 0.05) is 32.5 Å². The van der Waals surface area contributed by atoms with Crippen LogP contribution in [0.15, 0.2) is 30.5 Å². The Kier molecular flexibility index (Phi) is 4.00. The SMILES string of the molecule is CC(C)(C)/[N+]([O-])=C/c1c[nH]c(-c2ccc(C(F)(F)F)cc2)n1. The number of nitrogens with one attached hydrogen (secondary N) is 1. The molecule has 0 aliphatic heterocycles. The summed E-state index contributed by atoms with van der Waals surface area (Å²) < 4.78 is 38.3. The number of rotatable bonds is 2. The first kappa shape index (κ1) is 16.1. The number of aromatic amines is 1. The van der Waals surface area contributed by atoms with E-state index < -0.39 is 17.3 Å². The van der Waals surface area contributed by atoms with Crippen LogP contribution in [0.4, 0.5) is 13.2 Å². The van der Waals surface area contributed by atoms with Gasteiger partial charge in [-0.3, -0.25) is 0 Å². The van der Waals surface area contributed by atoms with Gasteiger partial charge in [-0.05, 0) is 12.1 Å². The van der Waals surface area contributed by atoms with Crippen LogP contribution in [0.3, 0.4) is 0 Å². The Balaban J connectivity index is 2.25. The van der Waals surface area contributed by atoms with Gasteiger partial charge < -0.3 is 10.2 Å². The fourth-order valence-corrected chi connectivity index (χ4v) is 1.68. The molecule has 0 amide bonds. The van der Waals surface area contributed by atoms with Gasteiger partial charge in [-0.15, -0.1) is 0 Å². The van der Waals surface area contributed by atoms with E-state index in [4.69, 9.17) is 0 Å². The number of hydrogen-bond acceptors (Lipinski definition) is 2. The number of hydroxylamine groups is 1. The molecule has 1 heterocycles. The maximum Gasteiger partial charge on any atom is 0.416 e. The molecule has 0 unspecified atom stereocenters. The molecule has 0 atom stereocenters. The number of alkyl halides is 3. The smallest absolute Gasteiger partial charge is 0.416 e. The fourth-order valence-electron chi connectivity index (χ4n) is 1.68. The van der Waals surface area contributed by atoms with Crippen molar-refractivity contribution in [2.75, 3.05) is 0 Å². The van der Waals surface area contributed by atoms with Crippen LogP contribution in [0.1, 0.15) is 32.0 Å². The lowest BCUT2D eigenvalue weighted by Crippen LogP contribution is -2.29. The van der Waals surface area contributed by atoms with Crippen LogP contribution < -0.4 is 0 Å². The Morgan fingerprint density at radius 1 is 1.14 bits per heavy atom. The summed E-state index contributed by atoms with van der Waals surface area (Å²) in [6.45, 7) is 5.29. The average Bonchev–Trinajstić information content (AvgIpc) is 2.85. The quantitative estimate of drug-likeness (QED) is 0.397. The van der Waals surface area contributed by atoms with Crippen molar-refractivity contribution in [3.05, 3.63) is 46.9 Å². The molecule has 0 saturated heterocycles. The van der Waals surface area contributed by atoms with Crippen molar-refractivity contribution < 1.29 is 17.9 Å². The van der Waals surface area contributed by atoms with Gasteiger partial charge in [0.2, 0.25) is 6.21 Å². The number of benzene rings is 1. The number of hydrogen-bond donors (Lipinski definition) is 1. The molecule has 1 N–H and O–H groups in total. The highest BCUT2D eigenvalue weighted by atomic mass is 19.4. The molecular formula is C15H16F3N3O. The van der Waals surface area contributed by atoms with E-state index >= 15 is 0 Å². The lowest BCUT2D eigenvalue weighted by atomic mass is 10.1. The molecule has 7 heteroatoms. The molecule has 0 bridgehead atoms. The Morgan fingerprint density at radius 3 is 2.23 bits per heavy atom. The number of imidazole rings is 1. The van der Waals surface area contributed by atoms with Crippen molar-refractivity contribution in [3.63, 3.8) is 0 Å². The van der Waals surface area contributed by atoms with Gasteiger partial charge in [0.1, 0.15) is 11.5 Å². The van der Waals surface area contributed by atoms with Crippen LogP contribution in [-0.4, -0.2) is 26.5 Å². The topological polar surface area (TPSA) is 54.8 Å². The van der Waals surface area contributed by atoms with Crippen LogP contribution in [0.25, 0.3) is 11.4 Å². The molecule has 2 rings (SSSR count). The van der Waals surface area contributed by atoms with E-state index in [1.54, 1.807) is 20.8 Å². The van der Waals surface area contributed by atoms with Gasteiger partial charge in [0.15, 0.2) is 5.54 Å². The van der Waals surface area contributed by atoms with Crippen molar-refractivity contribution in [3.8, 4) is 11.4 Å². The molecular weight excluding hydrogens is 295 g/mol. The summed E-state index contributed by atoms with van der Waals surface area (Å²) in [6, 6.07) is 4.67. The van der Waals surface area contributed by atoms with Gasteiger partial charge in [0.25, 0.3) is 0 Å². The second-order valence-electron chi connectivity index (χ2n) is 5.87. The van der Waals surface area contributed by atoms with Crippen LogP contribution in [-0.2, 0) is 6.18 Å². The van der Waals surface area contributed by atoms with Crippen molar-refractivity contribution in [1.29, 1.82) is 0 Å². The molecule has 118 valence electrons. The summed E-state index contributed by atoms with van der Waals surface area (Å²) in [4.78, 5) is 7.04. The first-order chi connectivity index (χ1) is 10.1. The van der Waals surface area contributed by atoms with Gasteiger partial charge in [-0.25, -0.2) is 9.72 Å². The number of aromatic nitrogens is 2. The third kappa shape index (κ3) is 3.66. The van der Waals surface area contributed by atoms with E-state index in [1.807, 2.05) is 0 Å². The second-order valence-corrected chi connectivity index (χ2v) is 5.87. The summed E-state index contributed by atoms with van der Waals surface area (Å²) in [6.07, 6.45) is -1.50. The molecule has 0 aliphatic carbocycles. The molecule has 22 heavy (non-hydrogen) atoms. The van der Waals surface area contributed by atoms with E-state index in [0.29, 0.717) is 17.1 Å². The van der Waals surface area contributed by atoms with Gasteiger partial charge in [-0.2, -0.15) is 13.2 Å². The molecule has 0 radical (unpaired) electrons. The van der Waals surface area contributed by atoms with Crippen LogP contribution in [0.5, 0.6) is 0 Å². The maximum absolute atomic E-state index is 12.5. The number of halogens is 3. The first-order valence-corrected chi connectivity index (χ1v) is 6.62. The zero-order valence-electron chi connectivity index (χ0n) is 12.4. The highest BCUT2D eigenvalue weighted by Crippen LogP contribution is 2.30. The largest absolute Gasteiger partial charge is 0.623 e. The maximum atomic E-state index is 12.5. The van der Waals surface area contributed by atoms with E-state index in [1.165, 1.54) is 24.5 Å². The Bertz CT molecular complexity index is 679. The minimum atomic E-state index is -4.36. The zero-order valence-corrected chi connectivity index (χ0v) is 12.4. The first-order valence-electron chi connectivity index (χ1n) is 6.62. The molecule has 1 aromatic heterocycles. The number of nitrogens with zero attached hydrogens (tertiary/aromatic N) is 2. The fraction of sp³-hybridized carbons (Fsp3) is 0.333. The second kappa shape index (κ2) is 5.47. The van der Waals surface area contributed by atoms with Crippen molar-refractivity contribution in [2.24, 2.45) is 0 Å². The highest BCUT2D eigenvalue weighted by molar-refractivity contribution is 5.74. The highest BCUT2D eigenvalue weighted by Gasteiger charge is 2.30. The Morgan fingerprint density at radius 2 is 1.73 bits per heavy atom. The molecule has 0 spiro atoms. The molecule has 2 aromatic rings. The lowest BCUT2D eigenvalue weighted by molar-refractivity contribution is -0.530. The minimum absolute atomic E-state index is 0.405. The predicted octanol–water partition coefficient (Wildman–Crippen LogP) is 3.82. The van der Waals surface area contributed by atoms with E-state index in [2.05, 4.69) is 9.97 Å². The molecule has 4 nitrogen and oxygen atoms in total. The molecule has 0 fully saturated rings. The Labute approximate surface area is 125 Å². The van der Waals surface area contributed by atoms with E-state index in [9.17, 15) is 18.4 Å². The van der Waals surface area contributed by atoms with Crippen molar-refractivity contribution in [1.82, 2.24) is 9.97 Å².